The number of pyridine rings is 1. The summed E-state index contributed by atoms with van der Waals surface area (Å²) in [5, 5.41) is 1.24. The maximum atomic E-state index is 4.77. The molecule has 0 unspecified atom stereocenters. The molecule has 2 heterocycles. The summed E-state index contributed by atoms with van der Waals surface area (Å²) >= 11 is 0. The Labute approximate surface area is 114 Å². The largest absolute Gasteiger partial charge is 0.304 e. The number of aryl methyl sites for hydroxylation is 1. The summed E-state index contributed by atoms with van der Waals surface area (Å²) in [6.45, 7) is 7.70. The Balaban J connectivity index is 1.76. The molecule has 2 aromatic rings. The highest BCUT2D eigenvalue weighted by Crippen LogP contribution is 2.15. The van der Waals surface area contributed by atoms with Crippen LogP contribution in [0.5, 0.6) is 0 Å². The summed E-state index contributed by atoms with van der Waals surface area (Å²) in [6.07, 6.45) is 0. The van der Waals surface area contributed by atoms with Crippen molar-refractivity contribution in [3.8, 4) is 0 Å². The van der Waals surface area contributed by atoms with Crippen LogP contribution in [-0.2, 0) is 6.54 Å². The average Bonchev–Trinajstić information content (AvgIpc) is 2.42. The second-order valence-electron chi connectivity index (χ2n) is 5.58. The summed E-state index contributed by atoms with van der Waals surface area (Å²) in [4.78, 5) is 9.64. The van der Waals surface area contributed by atoms with Crippen molar-refractivity contribution < 1.29 is 0 Å². The number of nitrogens with zero attached hydrogens (tertiary/aromatic N) is 3. The Morgan fingerprint density at radius 1 is 1.05 bits per heavy atom. The average molecular weight is 255 g/mol. The van der Waals surface area contributed by atoms with E-state index in [1.165, 1.54) is 16.6 Å². The van der Waals surface area contributed by atoms with E-state index in [9.17, 15) is 0 Å². The predicted octanol–water partition coefficient (Wildman–Crippen LogP) is 2.29. The predicted molar refractivity (Wildman–Crippen MR) is 79.3 cm³/mol. The number of likely N-dealkylation sites (N-methyl/N-ethyl adjacent to an activating group) is 1. The van der Waals surface area contributed by atoms with E-state index in [4.69, 9.17) is 4.98 Å². The van der Waals surface area contributed by atoms with Gasteiger partial charge in [-0.25, -0.2) is 0 Å². The number of hydrogen-bond acceptors (Lipinski definition) is 3. The third-order valence-corrected chi connectivity index (χ3v) is 3.88. The molecule has 1 aromatic heterocycles. The van der Waals surface area contributed by atoms with Crippen LogP contribution in [0.2, 0.25) is 0 Å². The van der Waals surface area contributed by atoms with Gasteiger partial charge in [0.2, 0.25) is 0 Å². The summed E-state index contributed by atoms with van der Waals surface area (Å²) in [5.41, 5.74) is 3.58. The van der Waals surface area contributed by atoms with Crippen LogP contribution in [-0.4, -0.2) is 48.0 Å². The van der Waals surface area contributed by atoms with Crippen LogP contribution in [0, 0.1) is 6.92 Å². The van der Waals surface area contributed by atoms with Gasteiger partial charge in [0.15, 0.2) is 0 Å². The van der Waals surface area contributed by atoms with Crippen molar-refractivity contribution in [2.24, 2.45) is 0 Å². The molecule has 0 N–H and O–H groups in total. The minimum absolute atomic E-state index is 0.970. The van der Waals surface area contributed by atoms with Gasteiger partial charge in [0.1, 0.15) is 0 Å². The van der Waals surface area contributed by atoms with Crippen LogP contribution in [0.3, 0.4) is 0 Å². The summed E-state index contributed by atoms with van der Waals surface area (Å²) in [5.74, 6) is 0. The fourth-order valence-corrected chi connectivity index (χ4v) is 2.61. The fraction of sp³-hybridized carbons (Fsp3) is 0.438. The highest BCUT2D eigenvalue weighted by molar-refractivity contribution is 5.79. The van der Waals surface area contributed by atoms with Gasteiger partial charge in [-0.1, -0.05) is 17.7 Å². The zero-order chi connectivity index (χ0) is 13.2. The van der Waals surface area contributed by atoms with Gasteiger partial charge >= 0.3 is 0 Å². The number of rotatable bonds is 2. The van der Waals surface area contributed by atoms with Crippen molar-refractivity contribution in [1.29, 1.82) is 0 Å². The number of aromatic nitrogens is 1. The molecular formula is C16H21N3. The molecule has 0 saturated carbocycles. The van der Waals surface area contributed by atoms with Gasteiger partial charge in [-0.3, -0.25) is 9.88 Å². The van der Waals surface area contributed by atoms with Crippen molar-refractivity contribution in [2.75, 3.05) is 33.2 Å². The molecule has 1 aliphatic heterocycles. The first-order valence-electron chi connectivity index (χ1n) is 6.98. The molecular weight excluding hydrogens is 234 g/mol. The van der Waals surface area contributed by atoms with E-state index < -0.39 is 0 Å². The van der Waals surface area contributed by atoms with Crippen LogP contribution >= 0.6 is 0 Å². The van der Waals surface area contributed by atoms with E-state index in [1.807, 2.05) is 0 Å². The molecule has 19 heavy (non-hydrogen) atoms. The zero-order valence-corrected chi connectivity index (χ0v) is 11.8. The van der Waals surface area contributed by atoms with Crippen LogP contribution < -0.4 is 0 Å². The topological polar surface area (TPSA) is 19.4 Å². The minimum atomic E-state index is 0.970. The molecule has 0 bridgehead atoms. The Kier molecular flexibility index (Phi) is 3.49. The monoisotopic (exact) mass is 255 g/mol. The van der Waals surface area contributed by atoms with Gasteiger partial charge in [-0.2, -0.15) is 0 Å². The lowest BCUT2D eigenvalue weighted by molar-refractivity contribution is 0.147. The molecule has 0 spiro atoms. The maximum absolute atomic E-state index is 4.77. The smallest absolute Gasteiger partial charge is 0.0706 e. The van der Waals surface area contributed by atoms with Crippen LogP contribution in [0.25, 0.3) is 10.9 Å². The standard InChI is InChI=1S/C16H21N3/c1-13-3-6-16-14(11-13)4-5-15(17-16)12-19-9-7-18(2)8-10-19/h3-6,11H,7-10,12H2,1-2H3. The van der Waals surface area contributed by atoms with Crippen molar-refractivity contribution in [3.63, 3.8) is 0 Å². The number of benzene rings is 1. The normalized spacial score (nSPS) is 18.0. The van der Waals surface area contributed by atoms with Crippen LogP contribution in [0.15, 0.2) is 30.3 Å². The number of fused-ring (bicyclic) bond motifs is 1. The molecule has 3 nitrogen and oxygen atoms in total. The quantitative estimate of drug-likeness (QED) is 0.821. The highest BCUT2D eigenvalue weighted by atomic mass is 15.2. The van der Waals surface area contributed by atoms with Gasteiger partial charge in [0, 0.05) is 38.1 Å². The molecule has 0 aliphatic carbocycles. The Morgan fingerprint density at radius 3 is 2.63 bits per heavy atom. The third-order valence-electron chi connectivity index (χ3n) is 3.88. The Bertz CT molecular complexity index is 571. The van der Waals surface area contributed by atoms with E-state index in [2.05, 4.69) is 54.1 Å². The second-order valence-corrected chi connectivity index (χ2v) is 5.58. The number of hydrogen-bond donors (Lipinski definition) is 0. The first-order valence-corrected chi connectivity index (χ1v) is 6.98. The van der Waals surface area contributed by atoms with Crippen molar-refractivity contribution in [3.05, 3.63) is 41.6 Å². The third kappa shape index (κ3) is 2.94. The maximum Gasteiger partial charge on any atom is 0.0706 e. The number of piperazine rings is 1. The summed E-state index contributed by atoms with van der Waals surface area (Å²) in [6, 6.07) is 10.8. The molecule has 100 valence electrons. The van der Waals surface area contributed by atoms with Gasteiger partial charge in [-0.05, 0) is 32.2 Å². The lowest BCUT2D eigenvalue weighted by Crippen LogP contribution is -2.43. The van der Waals surface area contributed by atoms with E-state index >= 15 is 0 Å². The van der Waals surface area contributed by atoms with E-state index in [0.29, 0.717) is 0 Å². The van der Waals surface area contributed by atoms with Gasteiger partial charge in [-0.15, -0.1) is 0 Å². The Morgan fingerprint density at radius 2 is 1.84 bits per heavy atom. The molecule has 3 rings (SSSR count). The minimum Gasteiger partial charge on any atom is -0.304 e. The van der Waals surface area contributed by atoms with Crippen LogP contribution in [0.1, 0.15) is 11.3 Å². The van der Waals surface area contributed by atoms with E-state index in [-0.39, 0.29) is 0 Å². The molecule has 0 amide bonds. The molecule has 1 saturated heterocycles. The molecule has 0 atom stereocenters. The van der Waals surface area contributed by atoms with E-state index in [1.54, 1.807) is 0 Å². The highest BCUT2D eigenvalue weighted by Gasteiger charge is 2.14. The SMILES string of the molecule is Cc1ccc2nc(CN3CCN(C)CC3)ccc2c1. The molecule has 1 aromatic carbocycles. The fourth-order valence-electron chi connectivity index (χ4n) is 2.61. The second kappa shape index (κ2) is 5.27. The van der Waals surface area contributed by atoms with Gasteiger partial charge in [0.25, 0.3) is 0 Å². The zero-order valence-electron chi connectivity index (χ0n) is 11.8. The summed E-state index contributed by atoms with van der Waals surface area (Å²) in [7, 11) is 2.19. The van der Waals surface area contributed by atoms with Crippen LogP contribution in [0.4, 0.5) is 0 Å². The molecule has 1 fully saturated rings. The van der Waals surface area contributed by atoms with Gasteiger partial charge in [0.05, 0.1) is 11.2 Å². The first-order chi connectivity index (χ1) is 9.20. The van der Waals surface area contributed by atoms with Gasteiger partial charge < -0.3 is 4.90 Å². The van der Waals surface area contributed by atoms with Crippen molar-refractivity contribution in [2.45, 2.75) is 13.5 Å². The summed E-state index contributed by atoms with van der Waals surface area (Å²) < 4.78 is 0. The van der Waals surface area contributed by atoms with E-state index in [0.717, 1.165) is 38.2 Å². The molecule has 0 radical (unpaired) electrons. The lowest BCUT2D eigenvalue weighted by Gasteiger charge is -2.32. The lowest BCUT2D eigenvalue weighted by atomic mass is 10.1. The van der Waals surface area contributed by atoms with Crippen molar-refractivity contribution >= 4 is 10.9 Å². The van der Waals surface area contributed by atoms with Crippen molar-refractivity contribution in [1.82, 2.24) is 14.8 Å². The first kappa shape index (κ1) is 12.6. The molecule has 1 aliphatic rings. The Hall–Kier alpha value is -1.45. The molecule has 3 heteroatoms.